The summed E-state index contributed by atoms with van der Waals surface area (Å²) in [5.41, 5.74) is 0.0467. The van der Waals surface area contributed by atoms with E-state index in [2.05, 4.69) is 16.6 Å². The Hall–Kier alpha value is -2.70. The SMILES string of the molecule is C=CC(=O)N1CCC(C(=O)Nc2ccc(F)c(C(=O)OC)c2)C1. The molecule has 1 heterocycles. The predicted octanol–water partition coefficient (Wildman–Crippen LogP) is 1.59. The number of likely N-dealkylation sites (tertiary alicyclic amines) is 1. The van der Waals surface area contributed by atoms with Gasteiger partial charge in [0, 0.05) is 18.8 Å². The molecule has 0 saturated carbocycles. The van der Waals surface area contributed by atoms with Gasteiger partial charge in [-0.1, -0.05) is 6.58 Å². The van der Waals surface area contributed by atoms with E-state index in [1.54, 1.807) is 4.90 Å². The maximum absolute atomic E-state index is 13.6. The molecule has 1 fully saturated rings. The zero-order valence-electron chi connectivity index (χ0n) is 12.7. The molecule has 1 saturated heterocycles. The number of benzene rings is 1. The fraction of sp³-hybridized carbons (Fsp3) is 0.312. The van der Waals surface area contributed by atoms with Crippen LogP contribution in [0.3, 0.4) is 0 Å². The third-order valence-electron chi connectivity index (χ3n) is 3.68. The van der Waals surface area contributed by atoms with Gasteiger partial charge in [0.15, 0.2) is 0 Å². The molecule has 0 bridgehead atoms. The number of halogens is 1. The van der Waals surface area contributed by atoms with Gasteiger partial charge >= 0.3 is 5.97 Å². The average molecular weight is 320 g/mol. The lowest BCUT2D eigenvalue weighted by atomic mass is 10.1. The number of nitrogens with one attached hydrogen (secondary N) is 1. The highest BCUT2D eigenvalue weighted by Gasteiger charge is 2.30. The molecule has 1 atom stereocenters. The van der Waals surface area contributed by atoms with Crippen molar-refractivity contribution in [2.24, 2.45) is 5.92 Å². The third-order valence-corrected chi connectivity index (χ3v) is 3.68. The summed E-state index contributed by atoms with van der Waals surface area (Å²) in [6, 6.07) is 3.67. The number of hydrogen-bond acceptors (Lipinski definition) is 4. The molecule has 2 rings (SSSR count). The lowest BCUT2D eigenvalue weighted by molar-refractivity contribution is -0.125. The van der Waals surface area contributed by atoms with Gasteiger partial charge in [0.2, 0.25) is 11.8 Å². The molecule has 1 N–H and O–H groups in total. The Morgan fingerprint density at radius 1 is 1.43 bits per heavy atom. The van der Waals surface area contributed by atoms with Crippen LogP contribution in [-0.4, -0.2) is 42.9 Å². The number of anilines is 1. The van der Waals surface area contributed by atoms with Gasteiger partial charge in [-0.2, -0.15) is 0 Å². The fourth-order valence-corrected chi connectivity index (χ4v) is 2.42. The van der Waals surface area contributed by atoms with Crippen molar-refractivity contribution in [2.75, 3.05) is 25.5 Å². The van der Waals surface area contributed by atoms with Gasteiger partial charge in [-0.25, -0.2) is 9.18 Å². The molecule has 1 aromatic rings. The first kappa shape index (κ1) is 16.7. The van der Waals surface area contributed by atoms with Crippen molar-refractivity contribution in [3.8, 4) is 0 Å². The molecule has 0 radical (unpaired) electrons. The van der Waals surface area contributed by atoms with E-state index in [1.165, 1.54) is 18.2 Å². The number of esters is 1. The van der Waals surface area contributed by atoms with Crippen LogP contribution in [0.1, 0.15) is 16.8 Å². The number of ether oxygens (including phenoxy) is 1. The molecule has 1 aliphatic heterocycles. The smallest absolute Gasteiger partial charge is 0.340 e. The van der Waals surface area contributed by atoms with E-state index in [4.69, 9.17) is 0 Å². The normalized spacial score (nSPS) is 16.8. The van der Waals surface area contributed by atoms with Crippen LogP contribution in [0.15, 0.2) is 30.9 Å². The van der Waals surface area contributed by atoms with Crippen LogP contribution in [0.5, 0.6) is 0 Å². The number of hydrogen-bond donors (Lipinski definition) is 1. The lowest BCUT2D eigenvalue weighted by Crippen LogP contribution is -2.30. The minimum atomic E-state index is -0.817. The second-order valence-electron chi connectivity index (χ2n) is 5.15. The third kappa shape index (κ3) is 3.74. The summed E-state index contributed by atoms with van der Waals surface area (Å²) in [6.07, 6.45) is 1.75. The first-order valence-electron chi connectivity index (χ1n) is 7.06. The van der Waals surface area contributed by atoms with Crippen molar-refractivity contribution in [3.63, 3.8) is 0 Å². The Morgan fingerprint density at radius 2 is 2.17 bits per heavy atom. The van der Waals surface area contributed by atoms with E-state index in [-0.39, 0.29) is 23.3 Å². The summed E-state index contributed by atoms with van der Waals surface area (Å²) >= 11 is 0. The molecule has 1 aromatic carbocycles. The maximum atomic E-state index is 13.6. The summed E-state index contributed by atoms with van der Waals surface area (Å²) in [5.74, 6) is -2.40. The van der Waals surface area contributed by atoms with Crippen molar-refractivity contribution in [1.82, 2.24) is 4.90 Å². The summed E-state index contributed by atoms with van der Waals surface area (Å²) in [7, 11) is 1.15. The van der Waals surface area contributed by atoms with Gasteiger partial charge in [-0.05, 0) is 30.7 Å². The van der Waals surface area contributed by atoms with E-state index in [0.29, 0.717) is 25.2 Å². The Bertz CT molecular complexity index is 659. The minimum absolute atomic E-state index is 0.213. The van der Waals surface area contributed by atoms with Gasteiger partial charge in [0.05, 0.1) is 18.6 Å². The summed E-state index contributed by atoms with van der Waals surface area (Å²) in [5, 5.41) is 2.63. The molecule has 1 unspecified atom stereocenters. The number of amides is 2. The van der Waals surface area contributed by atoms with Gasteiger partial charge in [0.25, 0.3) is 0 Å². The molecule has 6 nitrogen and oxygen atoms in total. The van der Waals surface area contributed by atoms with Gasteiger partial charge < -0.3 is 15.0 Å². The standard InChI is InChI=1S/C16H17FN2O4/c1-3-14(20)19-7-6-10(9-19)15(21)18-11-4-5-13(17)12(8-11)16(22)23-2/h3-5,8,10H,1,6-7,9H2,2H3,(H,18,21). The predicted molar refractivity (Wildman–Crippen MR) is 81.3 cm³/mol. The Kier molecular flexibility index (Phi) is 5.10. The molecule has 0 aromatic heterocycles. The summed E-state index contributed by atoms with van der Waals surface area (Å²) < 4.78 is 18.0. The van der Waals surface area contributed by atoms with Crippen LogP contribution in [0.25, 0.3) is 0 Å². The van der Waals surface area contributed by atoms with Crippen molar-refractivity contribution >= 4 is 23.5 Å². The van der Waals surface area contributed by atoms with E-state index in [0.717, 1.165) is 13.2 Å². The molecule has 7 heteroatoms. The molecule has 0 aliphatic carbocycles. The van der Waals surface area contributed by atoms with Crippen LogP contribution in [0, 0.1) is 11.7 Å². The second-order valence-corrected chi connectivity index (χ2v) is 5.15. The van der Waals surface area contributed by atoms with E-state index in [1.807, 2.05) is 0 Å². The maximum Gasteiger partial charge on any atom is 0.340 e. The molecule has 23 heavy (non-hydrogen) atoms. The molecular formula is C16H17FN2O4. The average Bonchev–Trinajstić information content (AvgIpc) is 3.05. The zero-order chi connectivity index (χ0) is 17.0. The van der Waals surface area contributed by atoms with Gasteiger partial charge in [-0.3, -0.25) is 9.59 Å². The summed E-state index contributed by atoms with van der Waals surface area (Å²) in [6.45, 7) is 4.21. The van der Waals surface area contributed by atoms with E-state index in [9.17, 15) is 18.8 Å². The Morgan fingerprint density at radius 3 is 2.83 bits per heavy atom. The van der Waals surface area contributed by atoms with Crippen molar-refractivity contribution < 1.29 is 23.5 Å². The van der Waals surface area contributed by atoms with Crippen molar-refractivity contribution in [3.05, 3.63) is 42.2 Å². The van der Waals surface area contributed by atoms with Crippen LogP contribution in [-0.2, 0) is 14.3 Å². The fourth-order valence-electron chi connectivity index (χ4n) is 2.42. The van der Waals surface area contributed by atoms with Crippen molar-refractivity contribution in [1.29, 1.82) is 0 Å². The number of carbonyl (C=O) groups is 3. The molecule has 2 amide bonds. The number of rotatable bonds is 4. The zero-order valence-corrected chi connectivity index (χ0v) is 12.7. The molecule has 1 aliphatic rings. The van der Waals surface area contributed by atoms with Crippen LogP contribution < -0.4 is 5.32 Å². The van der Waals surface area contributed by atoms with Crippen molar-refractivity contribution in [2.45, 2.75) is 6.42 Å². The molecule has 0 spiro atoms. The minimum Gasteiger partial charge on any atom is -0.465 e. The highest BCUT2D eigenvalue weighted by molar-refractivity contribution is 5.96. The summed E-state index contributed by atoms with van der Waals surface area (Å²) in [4.78, 5) is 36.7. The monoisotopic (exact) mass is 320 g/mol. The topological polar surface area (TPSA) is 75.7 Å². The number of nitrogens with zero attached hydrogens (tertiary/aromatic N) is 1. The molecule has 122 valence electrons. The van der Waals surface area contributed by atoms with Crippen LogP contribution in [0.4, 0.5) is 10.1 Å². The van der Waals surface area contributed by atoms with Gasteiger partial charge in [-0.15, -0.1) is 0 Å². The quantitative estimate of drug-likeness (QED) is 0.675. The lowest BCUT2D eigenvalue weighted by Gasteiger charge is -2.14. The second kappa shape index (κ2) is 7.04. The number of carbonyl (C=O) groups excluding carboxylic acids is 3. The van der Waals surface area contributed by atoms with Gasteiger partial charge in [0.1, 0.15) is 5.82 Å². The van der Waals surface area contributed by atoms with E-state index >= 15 is 0 Å². The van der Waals surface area contributed by atoms with E-state index < -0.39 is 11.8 Å². The highest BCUT2D eigenvalue weighted by atomic mass is 19.1. The first-order chi connectivity index (χ1) is 11.0. The first-order valence-corrected chi connectivity index (χ1v) is 7.06. The molecular weight excluding hydrogens is 303 g/mol. The number of methoxy groups -OCH3 is 1. The Balaban J connectivity index is 2.05. The van der Waals surface area contributed by atoms with Crippen LogP contribution in [0.2, 0.25) is 0 Å². The largest absolute Gasteiger partial charge is 0.465 e. The highest BCUT2D eigenvalue weighted by Crippen LogP contribution is 2.20. The Labute approximate surface area is 132 Å². The van der Waals surface area contributed by atoms with Crippen LogP contribution >= 0.6 is 0 Å².